The number of primary sulfonamides is 1. The molecule has 2 atom stereocenters. The van der Waals surface area contributed by atoms with Crippen LogP contribution in [0, 0.1) is 6.92 Å². The summed E-state index contributed by atoms with van der Waals surface area (Å²) in [6, 6.07) is 5.57. The molecular formula is C12H18N2O2S2. The topological polar surface area (TPSA) is 72.2 Å². The number of hydrogen-bond donors (Lipinski definition) is 2. The molecule has 2 rings (SSSR count). The van der Waals surface area contributed by atoms with Crippen molar-refractivity contribution in [3.05, 3.63) is 23.8 Å². The number of nitrogens with two attached hydrogens (primary N) is 1. The van der Waals surface area contributed by atoms with Crippen LogP contribution >= 0.6 is 11.8 Å². The van der Waals surface area contributed by atoms with Crippen LogP contribution in [0.15, 0.2) is 23.1 Å². The molecule has 1 aromatic carbocycles. The lowest BCUT2D eigenvalue weighted by Crippen LogP contribution is -2.21. The van der Waals surface area contributed by atoms with Gasteiger partial charge in [-0.05, 0) is 31.0 Å². The average Bonchev–Trinajstić information content (AvgIpc) is 2.65. The second-order valence-corrected chi connectivity index (χ2v) is 7.70. The van der Waals surface area contributed by atoms with E-state index in [1.807, 2.05) is 17.8 Å². The monoisotopic (exact) mass is 286 g/mol. The number of benzene rings is 1. The first-order chi connectivity index (χ1) is 8.38. The third-order valence-electron chi connectivity index (χ3n) is 3.15. The van der Waals surface area contributed by atoms with Crippen LogP contribution in [0.25, 0.3) is 0 Å². The molecule has 1 heterocycles. The predicted molar refractivity (Wildman–Crippen MR) is 76.5 cm³/mol. The summed E-state index contributed by atoms with van der Waals surface area (Å²) in [5.74, 6) is 1.06. The van der Waals surface area contributed by atoms with E-state index in [2.05, 4.69) is 12.2 Å². The summed E-state index contributed by atoms with van der Waals surface area (Å²) in [6.07, 6.45) is 1.10. The Morgan fingerprint density at radius 1 is 1.44 bits per heavy atom. The molecule has 3 N–H and O–H groups in total. The summed E-state index contributed by atoms with van der Waals surface area (Å²) in [5.41, 5.74) is 1.56. The Hall–Kier alpha value is -0.720. The summed E-state index contributed by atoms with van der Waals surface area (Å²) in [6.45, 7) is 3.99. The highest BCUT2D eigenvalue weighted by Gasteiger charge is 2.23. The zero-order valence-corrected chi connectivity index (χ0v) is 12.1. The fourth-order valence-electron chi connectivity index (χ4n) is 2.22. The normalized spacial score (nSPS) is 24.2. The molecule has 100 valence electrons. The largest absolute Gasteiger partial charge is 0.381 e. The first kappa shape index (κ1) is 13.7. The van der Waals surface area contributed by atoms with Crippen molar-refractivity contribution < 1.29 is 8.42 Å². The van der Waals surface area contributed by atoms with Gasteiger partial charge in [0.05, 0.1) is 4.90 Å². The third kappa shape index (κ3) is 2.99. The van der Waals surface area contributed by atoms with Crippen LogP contribution in [-0.2, 0) is 10.0 Å². The van der Waals surface area contributed by atoms with Gasteiger partial charge in [-0.3, -0.25) is 0 Å². The Balaban J connectivity index is 2.24. The molecule has 0 aromatic heterocycles. The number of thioether (sulfide) groups is 1. The summed E-state index contributed by atoms with van der Waals surface area (Å²) in [7, 11) is -3.65. The van der Waals surface area contributed by atoms with Crippen LogP contribution in [-0.4, -0.2) is 25.5 Å². The molecule has 0 bridgehead atoms. The van der Waals surface area contributed by atoms with Gasteiger partial charge in [-0.1, -0.05) is 13.0 Å². The molecule has 1 aliphatic heterocycles. The molecule has 18 heavy (non-hydrogen) atoms. The molecule has 2 unspecified atom stereocenters. The Kier molecular flexibility index (Phi) is 3.89. The van der Waals surface area contributed by atoms with Crippen molar-refractivity contribution in [3.8, 4) is 0 Å². The van der Waals surface area contributed by atoms with E-state index in [-0.39, 0.29) is 4.90 Å². The molecule has 0 saturated carbocycles. The molecule has 0 aliphatic carbocycles. The van der Waals surface area contributed by atoms with E-state index >= 15 is 0 Å². The Bertz CT molecular complexity index is 543. The summed E-state index contributed by atoms with van der Waals surface area (Å²) in [5, 5.41) is 9.26. The fourth-order valence-corrected chi connectivity index (χ4v) is 4.17. The van der Waals surface area contributed by atoms with Gasteiger partial charge in [-0.2, -0.15) is 11.8 Å². The first-order valence-electron chi connectivity index (χ1n) is 5.88. The van der Waals surface area contributed by atoms with Gasteiger partial charge < -0.3 is 5.32 Å². The van der Waals surface area contributed by atoms with Gasteiger partial charge in [-0.25, -0.2) is 13.6 Å². The van der Waals surface area contributed by atoms with Crippen molar-refractivity contribution in [2.45, 2.75) is 36.5 Å². The molecular weight excluding hydrogens is 268 g/mol. The van der Waals surface area contributed by atoms with E-state index in [0.717, 1.165) is 17.9 Å². The van der Waals surface area contributed by atoms with Crippen molar-refractivity contribution >= 4 is 27.5 Å². The highest BCUT2D eigenvalue weighted by molar-refractivity contribution is 8.00. The molecule has 6 heteroatoms. The number of hydrogen-bond acceptors (Lipinski definition) is 4. The molecule has 0 spiro atoms. The summed E-state index contributed by atoms with van der Waals surface area (Å²) in [4.78, 5) is 0.200. The minimum absolute atomic E-state index is 0.200. The van der Waals surface area contributed by atoms with Crippen molar-refractivity contribution in [2.24, 2.45) is 5.14 Å². The maximum atomic E-state index is 11.4. The van der Waals surface area contributed by atoms with Gasteiger partial charge in [0.1, 0.15) is 0 Å². The van der Waals surface area contributed by atoms with E-state index in [9.17, 15) is 8.42 Å². The van der Waals surface area contributed by atoms with Crippen LogP contribution < -0.4 is 10.5 Å². The Morgan fingerprint density at radius 2 is 2.17 bits per heavy atom. The molecule has 0 radical (unpaired) electrons. The van der Waals surface area contributed by atoms with E-state index in [0.29, 0.717) is 16.9 Å². The standard InChI is InChI=1S/C12H18N2O2S2/c1-8-6-10(7-17-8)14-11-4-3-5-12(9(11)2)18(13,15)16/h3-5,8,10,14H,6-7H2,1-2H3,(H2,13,15,16). The zero-order valence-electron chi connectivity index (χ0n) is 10.5. The molecule has 1 aromatic rings. The fraction of sp³-hybridized carbons (Fsp3) is 0.500. The van der Waals surface area contributed by atoms with Gasteiger partial charge >= 0.3 is 0 Å². The molecule has 1 aliphatic rings. The van der Waals surface area contributed by atoms with Crippen LogP contribution in [0.2, 0.25) is 0 Å². The third-order valence-corrected chi connectivity index (χ3v) is 5.56. The SMILES string of the molecule is Cc1c(NC2CSC(C)C2)cccc1S(N)(=O)=O. The Morgan fingerprint density at radius 3 is 2.72 bits per heavy atom. The number of rotatable bonds is 3. The van der Waals surface area contributed by atoms with Crippen molar-refractivity contribution in [2.75, 3.05) is 11.1 Å². The maximum Gasteiger partial charge on any atom is 0.238 e. The lowest BCUT2D eigenvalue weighted by atomic mass is 10.1. The molecule has 1 fully saturated rings. The van der Waals surface area contributed by atoms with E-state index in [1.165, 1.54) is 0 Å². The van der Waals surface area contributed by atoms with Crippen LogP contribution in [0.4, 0.5) is 5.69 Å². The molecule has 0 amide bonds. The van der Waals surface area contributed by atoms with Gasteiger partial charge in [0.15, 0.2) is 0 Å². The second-order valence-electron chi connectivity index (χ2n) is 4.69. The highest BCUT2D eigenvalue weighted by atomic mass is 32.2. The quantitative estimate of drug-likeness (QED) is 0.891. The van der Waals surface area contributed by atoms with E-state index in [4.69, 9.17) is 5.14 Å². The second kappa shape index (κ2) is 5.11. The Labute approximate surface area is 112 Å². The maximum absolute atomic E-state index is 11.4. The highest BCUT2D eigenvalue weighted by Crippen LogP contribution is 2.30. The van der Waals surface area contributed by atoms with Crippen molar-refractivity contribution in [1.82, 2.24) is 0 Å². The van der Waals surface area contributed by atoms with Gasteiger partial charge in [0, 0.05) is 22.7 Å². The average molecular weight is 286 g/mol. The minimum atomic E-state index is -3.65. The smallest absolute Gasteiger partial charge is 0.238 e. The number of sulfonamides is 1. The first-order valence-corrected chi connectivity index (χ1v) is 8.48. The van der Waals surface area contributed by atoms with Crippen molar-refractivity contribution in [3.63, 3.8) is 0 Å². The summed E-state index contributed by atoms with van der Waals surface area (Å²) >= 11 is 1.93. The number of anilines is 1. The van der Waals surface area contributed by atoms with Crippen LogP contribution in [0.5, 0.6) is 0 Å². The molecule has 1 saturated heterocycles. The lowest BCUT2D eigenvalue weighted by Gasteiger charge is -2.17. The summed E-state index contributed by atoms with van der Waals surface area (Å²) < 4.78 is 22.9. The predicted octanol–water partition coefficient (Wildman–Crippen LogP) is 1.95. The van der Waals surface area contributed by atoms with Gasteiger partial charge in [0.2, 0.25) is 10.0 Å². The van der Waals surface area contributed by atoms with Crippen LogP contribution in [0.1, 0.15) is 18.9 Å². The lowest BCUT2D eigenvalue weighted by molar-refractivity contribution is 0.597. The zero-order chi connectivity index (χ0) is 13.3. The number of nitrogens with one attached hydrogen (secondary N) is 1. The van der Waals surface area contributed by atoms with E-state index < -0.39 is 10.0 Å². The van der Waals surface area contributed by atoms with Crippen LogP contribution in [0.3, 0.4) is 0 Å². The van der Waals surface area contributed by atoms with Crippen molar-refractivity contribution in [1.29, 1.82) is 0 Å². The van der Waals surface area contributed by atoms with Gasteiger partial charge in [-0.15, -0.1) is 0 Å². The van der Waals surface area contributed by atoms with E-state index in [1.54, 1.807) is 19.1 Å². The molecule has 4 nitrogen and oxygen atoms in total. The van der Waals surface area contributed by atoms with Gasteiger partial charge in [0.25, 0.3) is 0 Å². The minimum Gasteiger partial charge on any atom is -0.381 e.